The standard InChI is InChI=1S/C20H19NO4S/c1-10-16(15-17(22)13-7-8-14(9-13)18(15)23)21-19(26-10)11-3-5-12(6-4-11)20(24)25-2/h3-6,13-15H,7-9H2,1-2H3/t13-,14+,15?. The van der Waals surface area contributed by atoms with Crippen LogP contribution in [0.5, 0.6) is 0 Å². The van der Waals surface area contributed by atoms with Gasteiger partial charge in [-0.2, -0.15) is 0 Å². The van der Waals surface area contributed by atoms with Crippen LogP contribution in [-0.2, 0) is 14.3 Å². The van der Waals surface area contributed by atoms with E-state index in [1.807, 2.05) is 19.1 Å². The number of hydrogen-bond donors (Lipinski definition) is 0. The van der Waals surface area contributed by atoms with Crippen molar-refractivity contribution in [3.05, 3.63) is 40.4 Å². The lowest BCUT2D eigenvalue weighted by Crippen LogP contribution is -2.35. The molecule has 5 nitrogen and oxygen atoms in total. The molecular formula is C20H19NO4S. The first kappa shape index (κ1) is 17.1. The summed E-state index contributed by atoms with van der Waals surface area (Å²) in [4.78, 5) is 42.6. The summed E-state index contributed by atoms with van der Waals surface area (Å²) in [6.07, 6.45) is 2.38. The van der Waals surface area contributed by atoms with Crippen molar-refractivity contribution in [3.63, 3.8) is 0 Å². The molecule has 2 bridgehead atoms. The Balaban J connectivity index is 1.67. The molecule has 2 saturated carbocycles. The van der Waals surface area contributed by atoms with Crippen molar-refractivity contribution in [3.8, 4) is 10.6 Å². The molecule has 1 aromatic carbocycles. The van der Waals surface area contributed by atoms with Gasteiger partial charge in [-0.25, -0.2) is 9.78 Å². The van der Waals surface area contributed by atoms with Gasteiger partial charge in [0.2, 0.25) is 0 Å². The molecule has 0 aliphatic heterocycles. The maximum absolute atomic E-state index is 12.7. The van der Waals surface area contributed by atoms with E-state index in [0.29, 0.717) is 11.3 Å². The molecule has 0 radical (unpaired) electrons. The minimum absolute atomic E-state index is 0.0200. The van der Waals surface area contributed by atoms with Gasteiger partial charge in [0.15, 0.2) is 11.6 Å². The molecular weight excluding hydrogens is 350 g/mol. The highest BCUT2D eigenvalue weighted by atomic mass is 32.1. The third-order valence-corrected chi connectivity index (χ3v) is 6.50. The minimum atomic E-state index is -0.694. The number of fused-ring (bicyclic) bond motifs is 2. The number of thiazole rings is 1. The van der Waals surface area contributed by atoms with Crippen LogP contribution >= 0.6 is 11.3 Å². The summed E-state index contributed by atoms with van der Waals surface area (Å²) in [6, 6.07) is 6.99. The fraction of sp³-hybridized carbons (Fsp3) is 0.400. The lowest BCUT2D eigenvalue weighted by atomic mass is 9.77. The summed E-state index contributed by atoms with van der Waals surface area (Å²) in [5.41, 5.74) is 1.95. The molecule has 26 heavy (non-hydrogen) atoms. The predicted molar refractivity (Wildman–Crippen MR) is 97.2 cm³/mol. The largest absolute Gasteiger partial charge is 0.465 e. The lowest BCUT2D eigenvalue weighted by molar-refractivity contribution is -0.136. The predicted octanol–water partition coefficient (Wildman–Crippen LogP) is 3.56. The Morgan fingerprint density at radius 3 is 2.31 bits per heavy atom. The normalized spacial score (nSPS) is 24.8. The molecule has 2 aliphatic carbocycles. The van der Waals surface area contributed by atoms with E-state index in [1.165, 1.54) is 18.4 Å². The number of carbonyl (C=O) groups excluding carboxylic acids is 3. The molecule has 1 unspecified atom stereocenters. The smallest absolute Gasteiger partial charge is 0.337 e. The number of benzene rings is 1. The molecule has 0 amide bonds. The second kappa shape index (κ2) is 6.43. The number of methoxy groups -OCH3 is 1. The van der Waals surface area contributed by atoms with Crippen LogP contribution in [0.2, 0.25) is 0 Å². The molecule has 1 aromatic heterocycles. The van der Waals surface area contributed by atoms with Crippen molar-refractivity contribution in [2.24, 2.45) is 11.8 Å². The summed E-state index contributed by atoms with van der Waals surface area (Å²) in [5.74, 6) is -0.949. The minimum Gasteiger partial charge on any atom is -0.465 e. The Bertz CT molecular complexity index is 877. The quantitative estimate of drug-likeness (QED) is 0.611. The first-order valence-corrected chi connectivity index (χ1v) is 9.54. The van der Waals surface area contributed by atoms with Crippen molar-refractivity contribution in [2.45, 2.75) is 32.1 Å². The first-order valence-electron chi connectivity index (χ1n) is 8.73. The van der Waals surface area contributed by atoms with Gasteiger partial charge in [0.1, 0.15) is 10.9 Å². The first-order chi connectivity index (χ1) is 12.5. The van der Waals surface area contributed by atoms with Gasteiger partial charge >= 0.3 is 5.97 Å². The summed E-state index contributed by atoms with van der Waals surface area (Å²) < 4.78 is 4.71. The summed E-state index contributed by atoms with van der Waals surface area (Å²) in [7, 11) is 1.35. The summed E-state index contributed by atoms with van der Waals surface area (Å²) in [6.45, 7) is 1.91. The Labute approximate surface area is 155 Å². The Kier molecular flexibility index (Phi) is 4.23. The van der Waals surface area contributed by atoms with Crippen molar-refractivity contribution < 1.29 is 19.1 Å². The van der Waals surface area contributed by atoms with Gasteiger partial charge in [0.05, 0.1) is 18.4 Å². The molecule has 6 heteroatoms. The lowest BCUT2D eigenvalue weighted by Gasteiger charge is -2.24. The van der Waals surface area contributed by atoms with E-state index in [9.17, 15) is 14.4 Å². The Morgan fingerprint density at radius 1 is 1.12 bits per heavy atom. The Hall–Kier alpha value is -2.34. The molecule has 2 fully saturated rings. The maximum atomic E-state index is 12.7. The fourth-order valence-electron chi connectivity index (χ4n) is 4.05. The second-order valence-electron chi connectivity index (χ2n) is 6.97. The van der Waals surface area contributed by atoms with Crippen molar-refractivity contribution in [1.82, 2.24) is 4.98 Å². The topological polar surface area (TPSA) is 73.3 Å². The third kappa shape index (κ3) is 2.69. The van der Waals surface area contributed by atoms with Crippen LogP contribution in [0, 0.1) is 18.8 Å². The second-order valence-corrected chi connectivity index (χ2v) is 8.18. The summed E-state index contributed by atoms with van der Waals surface area (Å²) in [5, 5.41) is 0.757. The molecule has 134 valence electrons. The number of esters is 1. The average molecular weight is 369 g/mol. The zero-order valence-electron chi connectivity index (χ0n) is 14.7. The highest BCUT2D eigenvalue weighted by molar-refractivity contribution is 7.15. The van der Waals surface area contributed by atoms with E-state index < -0.39 is 5.92 Å². The van der Waals surface area contributed by atoms with Crippen molar-refractivity contribution in [2.75, 3.05) is 7.11 Å². The van der Waals surface area contributed by atoms with Crippen LogP contribution in [0.25, 0.3) is 10.6 Å². The van der Waals surface area contributed by atoms with Crippen LogP contribution in [0.4, 0.5) is 0 Å². The maximum Gasteiger partial charge on any atom is 0.337 e. The number of rotatable bonds is 3. The van der Waals surface area contributed by atoms with Crippen molar-refractivity contribution in [1.29, 1.82) is 0 Å². The van der Waals surface area contributed by atoms with E-state index in [1.54, 1.807) is 12.1 Å². The number of Topliss-reactive ketones (excluding diaryl/α,β-unsaturated/α-hetero) is 2. The average Bonchev–Trinajstić information content (AvgIpc) is 3.26. The number of ether oxygens (including phenoxy) is 1. The molecule has 0 N–H and O–H groups in total. The highest BCUT2D eigenvalue weighted by Gasteiger charge is 2.48. The van der Waals surface area contributed by atoms with Gasteiger partial charge < -0.3 is 4.74 Å². The van der Waals surface area contributed by atoms with Crippen LogP contribution in [0.1, 0.15) is 46.1 Å². The number of hydrogen-bond acceptors (Lipinski definition) is 6. The molecule has 2 aliphatic rings. The summed E-state index contributed by atoms with van der Waals surface area (Å²) >= 11 is 1.48. The molecule has 0 saturated heterocycles. The molecule has 4 rings (SSSR count). The molecule has 1 heterocycles. The number of nitrogens with zero attached hydrogens (tertiary/aromatic N) is 1. The number of ketones is 2. The molecule has 0 spiro atoms. The zero-order valence-corrected chi connectivity index (χ0v) is 15.5. The van der Waals surface area contributed by atoms with Crippen LogP contribution in [0.15, 0.2) is 24.3 Å². The van der Waals surface area contributed by atoms with E-state index >= 15 is 0 Å². The van der Waals surface area contributed by atoms with E-state index in [-0.39, 0.29) is 29.4 Å². The van der Waals surface area contributed by atoms with Crippen LogP contribution < -0.4 is 0 Å². The van der Waals surface area contributed by atoms with Gasteiger partial charge in [0.25, 0.3) is 0 Å². The van der Waals surface area contributed by atoms with Gasteiger partial charge in [0, 0.05) is 22.3 Å². The van der Waals surface area contributed by atoms with Gasteiger partial charge in [-0.1, -0.05) is 12.1 Å². The van der Waals surface area contributed by atoms with Crippen LogP contribution in [-0.4, -0.2) is 29.6 Å². The number of aromatic nitrogens is 1. The number of carbonyl (C=O) groups is 3. The van der Waals surface area contributed by atoms with Gasteiger partial charge in [-0.15, -0.1) is 11.3 Å². The van der Waals surface area contributed by atoms with Crippen molar-refractivity contribution >= 4 is 28.9 Å². The van der Waals surface area contributed by atoms with E-state index in [0.717, 1.165) is 34.7 Å². The SMILES string of the molecule is COC(=O)c1ccc(-c2nc(C3C(=O)[C@@H]4CC[C@@H](C4)C3=O)c(C)s2)cc1. The van der Waals surface area contributed by atoms with E-state index in [4.69, 9.17) is 4.74 Å². The molecule has 3 atom stereocenters. The zero-order chi connectivity index (χ0) is 18.4. The highest BCUT2D eigenvalue weighted by Crippen LogP contribution is 2.45. The molecule has 2 aromatic rings. The van der Waals surface area contributed by atoms with E-state index in [2.05, 4.69) is 4.98 Å². The van der Waals surface area contributed by atoms with Crippen LogP contribution in [0.3, 0.4) is 0 Å². The fourth-order valence-corrected chi connectivity index (χ4v) is 5.00. The Morgan fingerprint density at radius 2 is 1.73 bits per heavy atom. The van der Waals surface area contributed by atoms with Gasteiger partial charge in [-0.3, -0.25) is 9.59 Å². The number of aryl methyl sites for hydroxylation is 1. The third-order valence-electron chi connectivity index (χ3n) is 5.47. The monoisotopic (exact) mass is 369 g/mol. The van der Waals surface area contributed by atoms with Gasteiger partial charge in [-0.05, 0) is 38.3 Å².